The normalized spacial score (nSPS) is 24.7. The number of nitrogens with zero attached hydrogens (tertiary/aromatic N) is 1. The largest absolute Gasteiger partial charge is 0.352 e. The van der Waals surface area contributed by atoms with Gasteiger partial charge in [-0.3, -0.25) is 9.59 Å². The Kier molecular flexibility index (Phi) is 5.51. The topological polar surface area (TPSA) is 94.0 Å². The number of halogens is 2. The van der Waals surface area contributed by atoms with Crippen LogP contribution in [0.15, 0.2) is 29.6 Å². The van der Waals surface area contributed by atoms with E-state index in [1.54, 1.807) is 0 Å². The van der Waals surface area contributed by atoms with Crippen LogP contribution in [0.25, 0.3) is 0 Å². The molecule has 3 atom stereocenters. The van der Waals surface area contributed by atoms with Gasteiger partial charge in [0.1, 0.15) is 11.6 Å². The van der Waals surface area contributed by atoms with Crippen molar-refractivity contribution in [1.29, 1.82) is 5.26 Å². The van der Waals surface area contributed by atoms with Crippen LogP contribution >= 0.6 is 0 Å². The number of carbonyl (C=O) groups is 2. The minimum absolute atomic E-state index is 0.114. The lowest BCUT2D eigenvalue weighted by atomic mass is 9.81. The Morgan fingerprint density at radius 3 is 2.89 bits per heavy atom. The highest BCUT2D eigenvalue weighted by Crippen LogP contribution is 2.33. The van der Waals surface area contributed by atoms with Gasteiger partial charge in [-0.05, 0) is 32.0 Å². The van der Waals surface area contributed by atoms with E-state index in [0.717, 1.165) is 6.07 Å². The lowest BCUT2D eigenvalue weighted by molar-refractivity contribution is -0.124. The van der Waals surface area contributed by atoms with Gasteiger partial charge < -0.3 is 16.0 Å². The number of carbonyl (C=O) groups excluding carboxylic acids is 2. The van der Waals surface area contributed by atoms with E-state index in [9.17, 15) is 18.4 Å². The van der Waals surface area contributed by atoms with Crippen LogP contribution in [0.5, 0.6) is 0 Å². The maximum Gasteiger partial charge on any atom is 0.250 e. The van der Waals surface area contributed by atoms with Crippen LogP contribution in [0.2, 0.25) is 0 Å². The lowest BCUT2D eigenvalue weighted by Crippen LogP contribution is -2.57. The fourth-order valence-electron chi connectivity index (χ4n) is 3.59. The van der Waals surface area contributed by atoms with Crippen molar-refractivity contribution in [2.75, 3.05) is 6.54 Å². The molecule has 1 saturated heterocycles. The molecular formula is C19H20F2N4O2. The number of amides is 2. The number of hydrogen-bond donors (Lipinski definition) is 3. The Labute approximate surface area is 155 Å². The van der Waals surface area contributed by atoms with Crippen molar-refractivity contribution in [3.63, 3.8) is 0 Å². The molecule has 142 valence electrons. The third-order valence-corrected chi connectivity index (χ3v) is 5.06. The lowest BCUT2D eigenvalue weighted by Gasteiger charge is -2.40. The van der Waals surface area contributed by atoms with Gasteiger partial charge in [-0.25, -0.2) is 8.78 Å². The number of nitriles is 1. The summed E-state index contributed by atoms with van der Waals surface area (Å²) in [4.78, 5) is 24.4. The smallest absolute Gasteiger partial charge is 0.250 e. The summed E-state index contributed by atoms with van der Waals surface area (Å²) in [5, 5.41) is 17.2. The third kappa shape index (κ3) is 3.98. The Morgan fingerprint density at radius 1 is 1.41 bits per heavy atom. The zero-order valence-electron chi connectivity index (χ0n) is 14.8. The molecule has 6 nitrogen and oxygen atoms in total. The Balaban J connectivity index is 1.67. The first kappa shape index (κ1) is 19.0. The van der Waals surface area contributed by atoms with Crippen LogP contribution < -0.4 is 16.0 Å². The predicted octanol–water partition coefficient (Wildman–Crippen LogP) is 1.42. The maximum absolute atomic E-state index is 14.9. The van der Waals surface area contributed by atoms with Crippen LogP contribution in [0.4, 0.5) is 8.78 Å². The van der Waals surface area contributed by atoms with Crippen molar-refractivity contribution in [1.82, 2.24) is 16.0 Å². The van der Waals surface area contributed by atoms with Gasteiger partial charge in [-0.15, -0.1) is 0 Å². The van der Waals surface area contributed by atoms with Crippen LogP contribution in [0.1, 0.15) is 30.9 Å². The van der Waals surface area contributed by atoms with Crippen molar-refractivity contribution in [3.8, 4) is 6.07 Å². The van der Waals surface area contributed by atoms with Gasteiger partial charge >= 0.3 is 0 Å². The van der Waals surface area contributed by atoms with Crippen LogP contribution in [0.3, 0.4) is 0 Å². The molecule has 0 saturated carbocycles. The zero-order valence-corrected chi connectivity index (χ0v) is 14.8. The van der Waals surface area contributed by atoms with Gasteiger partial charge in [0.15, 0.2) is 0 Å². The molecule has 0 aliphatic carbocycles. The van der Waals surface area contributed by atoms with Crippen LogP contribution in [-0.2, 0) is 16.1 Å². The summed E-state index contributed by atoms with van der Waals surface area (Å²) in [6.45, 7) is 2.43. The minimum atomic E-state index is -0.611. The van der Waals surface area contributed by atoms with E-state index in [1.807, 2.05) is 13.0 Å². The van der Waals surface area contributed by atoms with Crippen molar-refractivity contribution in [2.24, 2.45) is 5.92 Å². The number of nitrogens with one attached hydrogen (secondary N) is 3. The summed E-state index contributed by atoms with van der Waals surface area (Å²) < 4.78 is 28.7. The number of benzene rings is 1. The van der Waals surface area contributed by atoms with Crippen molar-refractivity contribution in [3.05, 3.63) is 46.5 Å². The van der Waals surface area contributed by atoms with Gasteiger partial charge in [0, 0.05) is 30.1 Å². The Bertz CT molecular complexity index is 847. The monoisotopic (exact) mass is 374 g/mol. The quantitative estimate of drug-likeness (QED) is 0.743. The summed E-state index contributed by atoms with van der Waals surface area (Å²) >= 11 is 0. The number of piperidine rings is 1. The number of hydrogen-bond acceptors (Lipinski definition) is 4. The average Bonchev–Trinajstić information content (AvgIpc) is 2.63. The summed E-state index contributed by atoms with van der Waals surface area (Å²) in [6.07, 6.45) is 0.219. The zero-order chi connectivity index (χ0) is 19.6. The summed E-state index contributed by atoms with van der Waals surface area (Å²) in [7, 11) is 0. The van der Waals surface area contributed by atoms with Crippen molar-refractivity contribution >= 4 is 11.8 Å². The molecule has 2 heterocycles. The van der Waals surface area contributed by atoms with Crippen molar-refractivity contribution in [2.45, 2.75) is 38.4 Å². The average molecular weight is 374 g/mol. The summed E-state index contributed by atoms with van der Waals surface area (Å²) in [5.41, 5.74) is 0.207. The molecule has 0 bridgehead atoms. The molecule has 1 fully saturated rings. The minimum Gasteiger partial charge on any atom is -0.352 e. The molecule has 2 amide bonds. The van der Waals surface area contributed by atoms with E-state index < -0.39 is 35.8 Å². The molecule has 2 aliphatic rings. The Morgan fingerprint density at radius 2 is 2.19 bits per heavy atom. The molecule has 0 radical (unpaired) electrons. The van der Waals surface area contributed by atoms with E-state index in [4.69, 9.17) is 5.26 Å². The van der Waals surface area contributed by atoms with Gasteiger partial charge in [-0.2, -0.15) is 5.26 Å². The first-order chi connectivity index (χ1) is 12.9. The van der Waals surface area contributed by atoms with E-state index >= 15 is 0 Å². The number of rotatable bonds is 4. The summed E-state index contributed by atoms with van der Waals surface area (Å²) in [6, 6.07) is 5.34. The predicted molar refractivity (Wildman–Crippen MR) is 93.2 cm³/mol. The van der Waals surface area contributed by atoms with Crippen molar-refractivity contribution < 1.29 is 18.4 Å². The Hall–Kier alpha value is -2.79. The van der Waals surface area contributed by atoms with Gasteiger partial charge in [-0.1, -0.05) is 6.07 Å². The summed E-state index contributed by atoms with van der Waals surface area (Å²) in [5.74, 6) is -2.80. The van der Waals surface area contributed by atoms with Crippen LogP contribution in [-0.4, -0.2) is 30.4 Å². The second-order valence-corrected chi connectivity index (χ2v) is 6.84. The van der Waals surface area contributed by atoms with E-state index in [2.05, 4.69) is 16.0 Å². The second-order valence-electron chi connectivity index (χ2n) is 6.84. The SMILES string of the molecule is CC1NCCC2NC(=O)C(CC(=O)NCc3ccc(C#N)cc3F)=C(F)C12. The number of fused-ring (bicyclic) bond motifs is 1. The molecule has 1 aromatic rings. The fraction of sp³-hybridized carbons (Fsp3) is 0.421. The van der Waals surface area contributed by atoms with E-state index in [1.165, 1.54) is 12.1 Å². The molecule has 3 unspecified atom stereocenters. The highest BCUT2D eigenvalue weighted by atomic mass is 19.1. The molecule has 0 spiro atoms. The first-order valence-corrected chi connectivity index (χ1v) is 8.78. The van der Waals surface area contributed by atoms with Gasteiger partial charge in [0.05, 0.1) is 23.6 Å². The molecule has 0 aromatic heterocycles. The standard InChI is InChI=1S/C19H20F2N4O2/c1-10-17-15(4-5-23-10)25-19(27)13(18(17)21)7-16(26)24-9-12-3-2-11(8-22)6-14(12)20/h2-3,6,10,15,17,23H,4-5,7,9H2,1H3,(H,24,26)(H,25,27). The second kappa shape index (κ2) is 7.84. The molecule has 27 heavy (non-hydrogen) atoms. The molecule has 8 heteroatoms. The van der Waals surface area contributed by atoms with Crippen LogP contribution in [0, 0.1) is 23.1 Å². The highest BCUT2D eigenvalue weighted by molar-refractivity contribution is 6.00. The van der Waals surface area contributed by atoms with E-state index in [-0.39, 0.29) is 35.3 Å². The maximum atomic E-state index is 14.9. The molecule has 3 rings (SSSR count). The molecule has 1 aromatic carbocycles. The highest BCUT2D eigenvalue weighted by Gasteiger charge is 2.41. The molecule has 3 N–H and O–H groups in total. The fourth-order valence-corrected chi connectivity index (χ4v) is 3.59. The molecule has 2 aliphatic heterocycles. The van der Waals surface area contributed by atoms with Gasteiger partial charge in [0.25, 0.3) is 5.91 Å². The van der Waals surface area contributed by atoms with Gasteiger partial charge in [0.2, 0.25) is 5.91 Å². The first-order valence-electron chi connectivity index (χ1n) is 8.78. The van der Waals surface area contributed by atoms with E-state index in [0.29, 0.717) is 13.0 Å². The third-order valence-electron chi connectivity index (χ3n) is 5.06. The molecular weight excluding hydrogens is 354 g/mol.